The summed E-state index contributed by atoms with van der Waals surface area (Å²) in [6.45, 7) is 0.628. The first kappa shape index (κ1) is 17.1. The van der Waals surface area contributed by atoms with Crippen molar-refractivity contribution < 1.29 is 29.9 Å². The summed E-state index contributed by atoms with van der Waals surface area (Å²) in [5.41, 5.74) is 1.59. The fourth-order valence-corrected chi connectivity index (χ4v) is 2.33. The van der Waals surface area contributed by atoms with Gasteiger partial charge < -0.3 is 34.8 Å². The summed E-state index contributed by atoms with van der Waals surface area (Å²) in [6, 6.07) is 7.39. The molecule has 0 saturated carbocycles. The highest BCUT2D eigenvalue weighted by atomic mass is 16.7. The smallest absolute Gasteiger partial charge is 0.184 e. The van der Waals surface area contributed by atoms with E-state index in [1.165, 1.54) is 0 Å². The van der Waals surface area contributed by atoms with E-state index in [0.717, 1.165) is 11.3 Å². The van der Waals surface area contributed by atoms with E-state index < -0.39 is 18.5 Å². The van der Waals surface area contributed by atoms with Crippen LogP contribution in [0.1, 0.15) is 11.9 Å². The Morgan fingerprint density at radius 3 is 2.18 bits per heavy atom. The van der Waals surface area contributed by atoms with Crippen LogP contribution in [0.5, 0.6) is 0 Å². The van der Waals surface area contributed by atoms with Crippen molar-refractivity contribution in [2.75, 3.05) is 44.4 Å². The summed E-state index contributed by atoms with van der Waals surface area (Å²) in [6.07, 6.45) is -2.28. The fourth-order valence-electron chi connectivity index (χ4n) is 2.33. The molecule has 7 nitrogen and oxygen atoms in total. The van der Waals surface area contributed by atoms with Crippen molar-refractivity contribution in [3.05, 3.63) is 29.8 Å². The second-order valence-electron chi connectivity index (χ2n) is 5.25. The molecule has 1 aromatic carbocycles. The maximum atomic E-state index is 9.67. The number of hydrogen-bond acceptors (Lipinski definition) is 7. The number of ether oxygens (including phenoxy) is 2. The van der Waals surface area contributed by atoms with Gasteiger partial charge in [0.25, 0.3) is 0 Å². The van der Waals surface area contributed by atoms with Crippen LogP contribution in [0.15, 0.2) is 24.3 Å². The molecule has 1 saturated heterocycles. The molecular formula is C15H23NO6. The molecule has 2 unspecified atom stereocenters. The SMILES string of the molecule is OCC(O)CN(CC(O)CO)c1cccc(C2OCCO2)c1. The lowest BCUT2D eigenvalue weighted by Gasteiger charge is -2.29. The summed E-state index contributed by atoms with van der Waals surface area (Å²) >= 11 is 0. The molecule has 1 fully saturated rings. The average Bonchev–Trinajstić information content (AvgIpc) is 3.08. The molecular weight excluding hydrogens is 290 g/mol. The van der Waals surface area contributed by atoms with Gasteiger partial charge in [0.1, 0.15) is 0 Å². The number of anilines is 1. The van der Waals surface area contributed by atoms with Crippen molar-refractivity contribution in [2.24, 2.45) is 0 Å². The molecule has 1 heterocycles. The standard InChI is InChI=1S/C15H23NO6/c17-9-13(19)7-16(8-14(20)10-18)12-3-1-2-11(6-12)15-21-4-5-22-15/h1-3,6,13-15,17-20H,4-5,7-10H2. The number of benzene rings is 1. The lowest BCUT2D eigenvalue weighted by Crippen LogP contribution is -2.40. The van der Waals surface area contributed by atoms with Crippen molar-refractivity contribution in [2.45, 2.75) is 18.5 Å². The van der Waals surface area contributed by atoms with Crippen molar-refractivity contribution >= 4 is 5.69 Å². The van der Waals surface area contributed by atoms with Crippen LogP contribution in [0.25, 0.3) is 0 Å². The van der Waals surface area contributed by atoms with Gasteiger partial charge in [0.05, 0.1) is 38.6 Å². The number of aliphatic hydroxyl groups is 4. The average molecular weight is 313 g/mol. The molecule has 0 aromatic heterocycles. The highest BCUT2D eigenvalue weighted by molar-refractivity contribution is 5.49. The molecule has 0 radical (unpaired) electrons. The Hall–Kier alpha value is -1.22. The second-order valence-corrected chi connectivity index (χ2v) is 5.25. The van der Waals surface area contributed by atoms with Crippen molar-refractivity contribution in [3.8, 4) is 0 Å². The van der Waals surface area contributed by atoms with E-state index in [1.807, 2.05) is 24.3 Å². The zero-order valence-corrected chi connectivity index (χ0v) is 12.3. The lowest BCUT2D eigenvalue weighted by molar-refractivity contribution is -0.0440. The lowest BCUT2D eigenvalue weighted by atomic mass is 10.1. The van der Waals surface area contributed by atoms with Crippen LogP contribution in [0.3, 0.4) is 0 Å². The van der Waals surface area contributed by atoms with Crippen molar-refractivity contribution in [1.82, 2.24) is 0 Å². The minimum atomic E-state index is -0.937. The summed E-state index contributed by atoms with van der Waals surface area (Å²) in [5, 5.41) is 37.4. The topological polar surface area (TPSA) is 103 Å². The predicted molar refractivity (Wildman–Crippen MR) is 79.5 cm³/mol. The monoisotopic (exact) mass is 313 g/mol. The van der Waals surface area contributed by atoms with Crippen LogP contribution in [-0.2, 0) is 9.47 Å². The molecule has 124 valence electrons. The molecule has 4 N–H and O–H groups in total. The summed E-state index contributed by atoms with van der Waals surface area (Å²) in [4.78, 5) is 1.71. The van der Waals surface area contributed by atoms with Gasteiger partial charge in [0.2, 0.25) is 0 Å². The Bertz CT molecular complexity index is 439. The van der Waals surface area contributed by atoms with Crippen LogP contribution in [0.2, 0.25) is 0 Å². The van der Waals surface area contributed by atoms with Crippen LogP contribution in [0, 0.1) is 0 Å². The van der Waals surface area contributed by atoms with Gasteiger partial charge in [-0.05, 0) is 12.1 Å². The number of rotatable bonds is 8. The zero-order valence-electron chi connectivity index (χ0n) is 12.3. The van der Waals surface area contributed by atoms with E-state index in [-0.39, 0.29) is 26.3 Å². The van der Waals surface area contributed by atoms with Gasteiger partial charge in [-0.25, -0.2) is 0 Å². The van der Waals surface area contributed by atoms with Gasteiger partial charge in [-0.1, -0.05) is 12.1 Å². The van der Waals surface area contributed by atoms with E-state index in [9.17, 15) is 10.2 Å². The molecule has 0 bridgehead atoms. The van der Waals surface area contributed by atoms with E-state index in [4.69, 9.17) is 19.7 Å². The zero-order chi connectivity index (χ0) is 15.9. The Morgan fingerprint density at radius 2 is 1.64 bits per heavy atom. The highest BCUT2D eigenvalue weighted by Gasteiger charge is 2.21. The predicted octanol–water partition coefficient (Wildman–Crippen LogP) is -0.755. The molecule has 7 heteroatoms. The van der Waals surface area contributed by atoms with E-state index >= 15 is 0 Å². The summed E-state index contributed by atoms with van der Waals surface area (Å²) in [7, 11) is 0. The number of hydrogen-bond donors (Lipinski definition) is 4. The third-order valence-corrected chi connectivity index (χ3v) is 3.41. The summed E-state index contributed by atoms with van der Waals surface area (Å²) < 4.78 is 10.9. The number of nitrogens with zero attached hydrogens (tertiary/aromatic N) is 1. The van der Waals surface area contributed by atoms with E-state index in [2.05, 4.69) is 0 Å². The molecule has 2 rings (SSSR count). The number of aliphatic hydroxyl groups excluding tert-OH is 4. The fraction of sp³-hybridized carbons (Fsp3) is 0.600. The molecule has 1 aromatic rings. The minimum absolute atomic E-state index is 0.142. The van der Waals surface area contributed by atoms with Gasteiger partial charge in [0, 0.05) is 24.3 Å². The molecule has 1 aliphatic rings. The molecule has 0 spiro atoms. The molecule has 22 heavy (non-hydrogen) atoms. The summed E-state index contributed by atoms with van der Waals surface area (Å²) in [5.74, 6) is 0. The third kappa shape index (κ3) is 4.64. The first-order valence-corrected chi connectivity index (χ1v) is 7.30. The van der Waals surface area contributed by atoms with Crippen LogP contribution >= 0.6 is 0 Å². The minimum Gasteiger partial charge on any atom is -0.394 e. The van der Waals surface area contributed by atoms with Crippen LogP contribution in [0.4, 0.5) is 5.69 Å². The molecule has 0 aliphatic carbocycles. The van der Waals surface area contributed by atoms with Gasteiger partial charge in [-0.2, -0.15) is 0 Å². The highest BCUT2D eigenvalue weighted by Crippen LogP contribution is 2.27. The normalized spacial score (nSPS) is 18.4. The van der Waals surface area contributed by atoms with Gasteiger partial charge in [-0.3, -0.25) is 0 Å². The Labute approximate surface area is 129 Å². The van der Waals surface area contributed by atoms with Gasteiger partial charge in [-0.15, -0.1) is 0 Å². The molecule has 0 amide bonds. The Kier molecular flexibility index (Phi) is 6.56. The van der Waals surface area contributed by atoms with Crippen LogP contribution < -0.4 is 4.90 Å². The first-order valence-electron chi connectivity index (χ1n) is 7.30. The maximum Gasteiger partial charge on any atom is 0.184 e. The Balaban J connectivity index is 2.15. The third-order valence-electron chi connectivity index (χ3n) is 3.41. The van der Waals surface area contributed by atoms with Gasteiger partial charge >= 0.3 is 0 Å². The molecule has 2 atom stereocenters. The van der Waals surface area contributed by atoms with Crippen LogP contribution in [-0.4, -0.2) is 72.2 Å². The van der Waals surface area contributed by atoms with Gasteiger partial charge in [0.15, 0.2) is 6.29 Å². The van der Waals surface area contributed by atoms with E-state index in [0.29, 0.717) is 13.2 Å². The second kappa shape index (κ2) is 8.42. The quantitative estimate of drug-likeness (QED) is 0.500. The first-order chi connectivity index (χ1) is 10.6. The molecule has 1 aliphatic heterocycles. The largest absolute Gasteiger partial charge is 0.394 e. The van der Waals surface area contributed by atoms with E-state index in [1.54, 1.807) is 4.90 Å². The van der Waals surface area contributed by atoms with Crippen molar-refractivity contribution in [1.29, 1.82) is 0 Å². The Morgan fingerprint density at radius 1 is 1.05 bits per heavy atom. The van der Waals surface area contributed by atoms with Crippen molar-refractivity contribution in [3.63, 3.8) is 0 Å². The maximum absolute atomic E-state index is 9.67.